The van der Waals surface area contributed by atoms with E-state index < -0.39 is 0 Å². The third-order valence-electron chi connectivity index (χ3n) is 4.99. The number of ether oxygens (including phenoxy) is 1. The molecule has 1 atom stereocenters. The highest BCUT2D eigenvalue weighted by Gasteiger charge is 2.31. The van der Waals surface area contributed by atoms with Crippen LogP contribution in [0.15, 0.2) is 0 Å². The van der Waals surface area contributed by atoms with Crippen molar-refractivity contribution in [2.45, 2.75) is 38.2 Å². The lowest BCUT2D eigenvalue weighted by Gasteiger charge is -2.36. The van der Waals surface area contributed by atoms with Gasteiger partial charge >= 0.3 is 0 Å². The summed E-state index contributed by atoms with van der Waals surface area (Å²) in [5, 5.41) is 0. The normalized spacial score (nSPS) is 26.6. The van der Waals surface area contributed by atoms with Gasteiger partial charge in [-0.3, -0.25) is 9.59 Å². The fourth-order valence-corrected chi connectivity index (χ4v) is 3.57. The van der Waals surface area contributed by atoms with Gasteiger partial charge in [0, 0.05) is 45.8 Å². The zero-order valence-electron chi connectivity index (χ0n) is 13.3. The van der Waals surface area contributed by atoms with Crippen LogP contribution in [-0.4, -0.2) is 85.0 Å². The second-order valence-corrected chi connectivity index (χ2v) is 6.51. The Morgan fingerprint density at radius 2 is 1.59 bits per heavy atom. The molecule has 0 bridgehead atoms. The van der Waals surface area contributed by atoms with E-state index in [1.807, 2.05) is 9.80 Å². The van der Waals surface area contributed by atoms with Crippen molar-refractivity contribution in [2.24, 2.45) is 0 Å². The average Bonchev–Trinajstić information content (AvgIpc) is 3.25. The van der Waals surface area contributed by atoms with Gasteiger partial charge in [0.1, 0.15) is 6.10 Å². The number of likely N-dealkylation sites (tertiary alicyclic amines) is 1. The first-order valence-electron chi connectivity index (χ1n) is 8.64. The van der Waals surface area contributed by atoms with E-state index in [4.69, 9.17) is 4.74 Å². The van der Waals surface area contributed by atoms with Gasteiger partial charge < -0.3 is 19.4 Å². The molecular weight excluding hydrogens is 282 g/mol. The number of hydrogen-bond acceptors (Lipinski definition) is 4. The molecule has 3 saturated heterocycles. The van der Waals surface area contributed by atoms with Crippen LogP contribution in [0, 0.1) is 0 Å². The summed E-state index contributed by atoms with van der Waals surface area (Å²) in [4.78, 5) is 30.7. The molecule has 124 valence electrons. The van der Waals surface area contributed by atoms with Gasteiger partial charge in [-0.05, 0) is 38.8 Å². The second kappa shape index (κ2) is 7.42. The molecule has 22 heavy (non-hydrogen) atoms. The molecule has 0 saturated carbocycles. The zero-order valence-corrected chi connectivity index (χ0v) is 13.3. The van der Waals surface area contributed by atoms with E-state index in [0.29, 0.717) is 39.2 Å². The number of hydrogen-bond donors (Lipinski definition) is 0. The van der Waals surface area contributed by atoms with E-state index in [-0.39, 0.29) is 17.9 Å². The highest BCUT2D eigenvalue weighted by atomic mass is 16.5. The molecule has 0 radical (unpaired) electrons. The van der Waals surface area contributed by atoms with Crippen LogP contribution < -0.4 is 0 Å². The third kappa shape index (κ3) is 3.79. The quantitative estimate of drug-likeness (QED) is 0.751. The van der Waals surface area contributed by atoms with Crippen LogP contribution in [0.4, 0.5) is 0 Å². The van der Waals surface area contributed by atoms with Crippen LogP contribution in [-0.2, 0) is 14.3 Å². The monoisotopic (exact) mass is 309 g/mol. The average molecular weight is 309 g/mol. The molecule has 3 rings (SSSR count). The first kappa shape index (κ1) is 15.7. The van der Waals surface area contributed by atoms with E-state index in [1.165, 1.54) is 12.8 Å². The first-order chi connectivity index (χ1) is 10.7. The van der Waals surface area contributed by atoms with Crippen molar-refractivity contribution >= 4 is 11.8 Å². The van der Waals surface area contributed by atoms with Gasteiger partial charge in [0.05, 0.1) is 0 Å². The summed E-state index contributed by atoms with van der Waals surface area (Å²) in [5.41, 5.74) is 0. The maximum atomic E-state index is 12.3. The highest BCUT2D eigenvalue weighted by Crippen LogP contribution is 2.16. The molecule has 0 aromatic heterocycles. The van der Waals surface area contributed by atoms with E-state index >= 15 is 0 Å². The summed E-state index contributed by atoms with van der Waals surface area (Å²) >= 11 is 0. The lowest BCUT2D eigenvalue weighted by Crippen LogP contribution is -2.53. The van der Waals surface area contributed by atoms with Crippen LogP contribution >= 0.6 is 0 Å². The standard InChI is InChI=1S/C16H27N3O3/c20-15(5-8-17-6-1-2-7-17)18-9-11-19(12-10-18)16(21)14-4-3-13-22-14/h14H,1-13H2. The Balaban J connectivity index is 1.38. The Hall–Kier alpha value is -1.14. The van der Waals surface area contributed by atoms with Gasteiger partial charge in [0.15, 0.2) is 0 Å². The fraction of sp³-hybridized carbons (Fsp3) is 0.875. The number of amides is 2. The van der Waals surface area contributed by atoms with Crippen LogP contribution in [0.3, 0.4) is 0 Å². The number of nitrogens with zero attached hydrogens (tertiary/aromatic N) is 3. The Kier molecular flexibility index (Phi) is 5.31. The summed E-state index contributed by atoms with van der Waals surface area (Å²) < 4.78 is 5.46. The third-order valence-corrected chi connectivity index (χ3v) is 4.99. The van der Waals surface area contributed by atoms with Gasteiger partial charge in [0.2, 0.25) is 5.91 Å². The summed E-state index contributed by atoms with van der Waals surface area (Å²) in [6, 6.07) is 0. The molecule has 3 heterocycles. The highest BCUT2D eigenvalue weighted by molar-refractivity contribution is 5.82. The molecule has 2 amide bonds. The van der Waals surface area contributed by atoms with E-state index in [2.05, 4.69) is 4.90 Å². The molecule has 3 aliphatic heterocycles. The van der Waals surface area contributed by atoms with E-state index in [9.17, 15) is 9.59 Å². The van der Waals surface area contributed by atoms with Crippen molar-refractivity contribution in [3.63, 3.8) is 0 Å². The minimum Gasteiger partial charge on any atom is -0.368 e. The van der Waals surface area contributed by atoms with Gasteiger partial charge in [-0.15, -0.1) is 0 Å². The topological polar surface area (TPSA) is 53.1 Å². The summed E-state index contributed by atoms with van der Waals surface area (Å²) in [5.74, 6) is 0.345. The zero-order chi connectivity index (χ0) is 15.4. The van der Waals surface area contributed by atoms with Gasteiger partial charge in [-0.25, -0.2) is 0 Å². The Morgan fingerprint density at radius 1 is 0.909 bits per heavy atom. The molecule has 3 fully saturated rings. The largest absolute Gasteiger partial charge is 0.368 e. The SMILES string of the molecule is O=C(CCN1CCCC1)N1CCN(C(=O)C2CCCO2)CC1. The lowest BCUT2D eigenvalue weighted by atomic mass is 10.2. The maximum Gasteiger partial charge on any atom is 0.251 e. The summed E-state index contributed by atoms with van der Waals surface area (Å²) in [6.07, 6.45) is 4.72. The molecule has 0 aromatic carbocycles. The van der Waals surface area contributed by atoms with Gasteiger partial charge in [-0.1, -0.05) is 0 Å². The predicted molar refractivity (Wildman–Crippen MR) is 82.4 cm³/mol. The molecule has 0 aliphatic carbocycles. The molecule has 6 heteroatoms. The number of piperazine rings is 1. The first-order valence-corrected chi connectivity index (χ1v) is 8.64. The van der Waals surface area contributed by atoms with Gasteiger partial charge in [0.25, 0.3) is 5.91 Å². The van der Waals surface area contributed by atoms with Crippen molar-refractivity contribution in [3.05, 3.63) is 0 Å². The Morgan fingerprint density at radius 3 is 2.23 bits per heavy atom. The van der Waals surface area contributed by atoms with Crippen LogP contribution in [0.1, 0.15) is 32.1 Å². The summed E-state index contributed by atoms with van der Waals surface area (Å²) in [7, 11) is 0. The number of carbonyl (C=O) groups excluding carboxylic acids is 2. The number of rotatable bonds is 4. The smallest absolute Gasteiger partial charge is 0.251 e. The fourth-order valence-electron chi connectivity index (χ4n) is 3.57. The van der Waals surface area contributed by atoms with Crippen molar-refractivity contribution in [3.8, 4) is 0 Å². The van der Waals surface area contributed by atoms with Crippen LogP contribution in [0.25, 0.3) is 0 Å². The lowest BCUT2D eigenvalue weighted by molar-refractivity contribution is -0.146. The molecule has 0 N–H and O–H groups in total. The van der Waals surface area contributed by atoms with Gasteiger partial charge in [-0.2, -0.15) is 0 Å². The second-order valence-electron chi connectivity index (χ2n) is 6.51. The van der Waals surface area contributed by atoms with Crippen molar-refractivity contribution < 1.29 is 14.3 Å². The van der Waals surface area contributed by atoms with Crippen molar-refractivity contribution in [2.75, 3.05) is 52.4 Å². The molecule has 3 aliphatic rings. The summed E-state index contributed by atoms with van der Waals surface area (Å²) in [6.45, 7) is 6.48. The molecule has 0 aromatic rings. The predicted octanol–water partition coefficient (Wildman–Crippen LogP) is 0.322. The van der Waals surface area contributed by atoms with Crippen LogP contribution in [0.2, 0.25) is 0 Å². The number of carbonyl (C=O) groups is 2. The van der Waals surface area contributed by atoms with Crippen LogP contribution in [0.5, 0.6) is 0 Å². The molecule has 0 spiro atoms. The van der Waals surface area contributed by atoms with Crippen molar-refractivity contribution in [1.29, 1.82) is 0 Å². The van der Waals surface area contributed by atoms with E-state index in [0.717, 1.165) is 32.5 Å². The van der Waals surface area contributed by atoms with E-state index in [1.54, 1.807) is 0 Å². The minimum atomic E-state index is -0.239. The maximum absolute atomic E-state index is 12.3. The molecule has 1 unspecified atom stereocenters. The molecular formula is C16H27N3O3. The van der Waals surface area contributed by atoms with Crippen molar-refractivity contribution in [1.82, 2.24) is 14.7 Å². The Labute approximate surface area is 132 Å². The minimum absolute atomic E-state index is 0.113. The molecule has 6 nitrogen and oxygen atoms in total. The Bertz CT molecular complexity index is 395.